The SMILES string of the molecule is Cc1cc(C)c2nc(N(C)C)n(-c3ccc(CCNC(=O)NS(=O)(=O)c4ccc(CN)cc4)cc3)c2n1. The minimum Gasteiger partial charge on any atom is -0.348 e. The van der Waals surface area contributed by atoms with E-state index in [1.54, 1.807) is 12.1 Å². The van der Waals surface area contributed by atoms with Gasteiger partial charge in [0.15, 0.2) is 5.65 Å². The van der Waals surface area contributed by atoms with Crippen molar-refractivity contribution in [1.29, 1.82) is 0 Å². The summed E-state index contributed by atoms with van der Waals surface area (Å²) in [6, 6.07) is 15.2. The number of carbonyl (C=O) groups excluding carboxylic acids is 1. The van der Waals surface area contributed by atoms with Crippen LogP contribution >= 0.6 is 0 Å². The van der Waals surface area contributed by atoms with Gasteiger partial charge >= 0.3 is 6.03 Å². The molecule has 0 atom stereocenters. The first-order chi connectivity index (χ1) is 17.6. The molecule has 11 heteroatoms. The van der Waals surface area contributed by atoms with Crippen LogP contribution in [0.25, 0.3) is 16.9 Å². The number of benzene rings is 2. The van der Waals surface area contributed by atoms with E-state index in [-0.39, 0.29) is 11.4 Å². The van der Waals surface area contributed by atoms with Crippen molar-refractivity contribution in [3.05, 3.63) is 77.0 Å². The van der Waals surface area contributed by atoms with Crippen LogP contribution in [-0.4, -0.2) is 49.6 Å². The molecule has 0 saturated heterocycles. The zero-order chi connectivity index (χ0) is 26.7. The van der Waals surface area contributed by atoms with Gasteiger partial charge in [0.05, 0.1) is 10.6 Å². The topological polar surface area (TPSA) is 135 Å². The van der Waals surface area contributed by atoms with Gasteiger partial charge in [0, 0.05) is 32.9 Å². The number of anilines is 1. The van der Waals surface area contributed by atoms with Crippen molar-refractivity contribution in [2.75, 3.05) is 25.5 Å². The third-order valence-corrected chi connectivity index (χ3v) is 7.25. The van der Waals surface area contributed by atoms with Gasteiger partial charge in [-0.25, -0.2) is 27.9 Å². The highest BCUT2D eigenvalue weighted by atomic mass is 32.2. The third-order valence-electron chi connectivity index (χ3n) is 5.91. The Morgan fingerprint density at radius 3 is 2.27 bits per heavy atom. The molecule has 0 spiro atoms. The molecular weight excluding hydrogens is 490 g/mol. The Kier molecular flexibility index (Phi) is 7.46. The number of nitrogens with two attached hydrogens (primary N) is 1. The molecule has 0 fully saturated rings. The molecule has 37 heavy (non-hydrogen) atoms. The van der Waals surface area contributed by atoms with Gasteiger partial charge in [0.25, 0.3) is 10.0 Å². The number of hydrogen-bond acceptors (Lipinski definition) is 7. The number of hydrogen-bond donors (Lipinski definition) is 3. The van der Waals surface area contributed by atoms with Crippen LogP contribution in [0, 0.1) is 13.8 Å². The Hall–Kier alpha value is -3.96. The number of sulfonamides is 1. The molecule has 0 saturated carbocycles. The third kappa shape index (κ3) is 5.73. The van der Waals surface area contributed by atoms with Crippen LogP contribution in [0.15, 0.2) is 59.5 Å². The van der Waals surface area contributed by atoms with Gasteiger partial charge in [-0.1, -0.05) is 24.3 Å². The van der Waals surface area contributed by atoms with Crippen molar-refractivity contribution < 1.29 is 13.2 Å². The molecule has 194 valence electrons. The second kappa shape index (κ2) is 10.6. The minimum absolute atomic E-state index is 0.000523. The Labute approximate surface area is 216 Å². The number of carbonyl (C=O) groups is 1. The second-order valence-corrected chi connectivity index (χ2v) is 10.7. The highest BCUT2D eigenvalue weighted by Gasteiger charge is 2.18. The van der Waals surface area contributed by atoms with Crippen LogP contribution in [0.2, 0.25) is 0 Å². The Morgan fingerprint density at radius 2 is 1.65 bits per heavy atom. The molecular formula is C26H31N7O3S. The summed E-state index contributed by atoms with van der Waals surface area (Å²) in [7, 11) is -0.0775. The summed E-state index contributed by atoms with van der Waals surface area (Å²) in [6.45, 7) is 4.57. The predicted molar refractivity (Wildman–Crippen MR) is 144 cm³/mol. The summed E-state index contributed by atoms with van der Waals surface area (Å²) in [6.07, 6.45) is 0.528. The molecule has 0 aliphatic rings. The average molecular weight is 522 g/mol. The highest BCUT2D eigenvalue weighted by molar-refractivity contribution is 7.90. The number of aryl methyl sites for hydroxylation is 2. The van der Waals surface area contributed by atoms with E-state index in [0.29, 0.717) is 13.0 Å². The average Bonchev–Trinajstić information content (AvgIpc) is 3.24. The number of fused-ring (bicyclic) bond motifs is 1. The van der Waals surface area contributed by atoms with E-state index in [0.717, 1.165) is 45.2 Å². The lowest BCUT2D eigenvalue weighted by Crippen LogP contribution is -2.40. The van der Waals surface area contributed by atoms with Gasteiger partial charge < -0.3 is 16.0 Å². The maximum absolute atomic E-state index is 12.4. The smallest absolute Gasteiger partial charge is 0.328 e. The van der Waals surface area contributed by atoms with Crippen LogP contribution in [-0.2, 0) is 23.0 Å². The zero-order valence-electron chi connectivity index (χ0n) is 21.3. The first kappa shape index (κ1) is 26.1. The maximum atomic E-state index is 12.4. The van der Waals surface area contributed by atoms with E-state index >= 15 is 0 Å². The first-order valence-corrected chi connectivity index (χ1v) is 13.3. The van der Waals surface area contributed by atoms with Crippen molar-refractivity contribution >= 4 is 33.2 Å². The predicted octanol–water partition coefficient (Wildman–Crippen LogP) is 2.79. The molecule has 4 N–H and O–H groups in total. The van der Waals surface area contributed by atoms with E-state index in [1.807, 2.05) is 72.5 Å². The summed E-state index contributed by atoms with van der Waals surface area (Å²) in [5.74, 6) is 0.779. The summed E-state index contributed by atoms with van der Waals surface area (Å²) in [5.41, 5.74) is 11.9. The van der Waals surface area contributed by atoms with Crippen molar-refractivity contribution in [3.63, 3.8) is 0 Å². The number of nitrogens with zero attached hydrogens (tertiary/aromatic N) is 4. The number of urea groups is 1. The van der Waals surface area contributed by atoms with Crippen LogP contribution in [0.4, 0.5) is 10.7 Å². The number of pyridine rings is 1. The molecule has 2 heterocycles. The fraction of sp³-hybridized carbons (Fsp3) is 0.269. The van der Waals surface area contributed by atoms with E-state index in [2.05, 4.69) is 5.32 Å². The molecule has 0 radical (unpaired) electrons. The largest absolute Gasteiger partial charge is 0.348 e. The molecule has 10 nitrogen and oxygen atoms in total. The summed E-state index contributed by atoms with van der Waals surface area (Å²) in [4.78, 5) is 23.7. The summed E-state index contributed by atoms with van der Waals surface area (Å²) >= 11 is 0. The molecule has 2 amide bonds. The molecule has 0 aliphatic carbocycles. The lowest BCUT2D eigenvalue weighted by molar-refractivity contribution is 0.246. The quantitative estimate of drug-likeness (QED) is 0.324. The van der Waals surface area contributed by atoms with E-state index < -0.39 is 16.1 Å². The Balaban J connectivity index is 1.42. The van der Waals surface area contributed by atoms with E-state index in [4.69, 9.17) is 15.7 Å². The highest BCUT2D eigenvalue weighted by Crippen LogP contribution is 2.27. The van der Waals surface area contributed by atoms with Crippen molar-refractivity contribution in [1.82, 2.24) is 24.6 Å². The number of imidazole rings is 1. The second-order valence-electron chi connectivity index (χ2n) is 9.02. The van der Waals surface area contributed by atoms with Gasteiger partial charge in [0.1, 0.15) is 5.52 Å². The van der Waals surface area contributed by atoms with Crippen molar-refractivity contribution in [2.24, 2.45) is 5.73 Å². The van der Waals surface area contributed by atoms with Gasteiger partial charge in [-0.15, -0.1) is 0 Å². The number of nitrogens with one attached hydrogen (secondary N) is 2. The van der Waals surface area contributed by atoms with Crippen molar-refractivity contribution in [3.8, 4) is 5.69 Å². The van der Waals surface area contributed by atoms with E-state index in [1.165, 1.54) is 12.1 Å². The van der Waals surface area contributed by atoms with Crippen molar-refractivity contribution in [2.45, 2.75) is 31.7 Å². The number of amides is 2. The molecule has 2 aromatic heterocycles. The number of aromatic nitrogens is 3. The van der Waals surface area contributed by atoms with E-state index in [9.17, 15) is 13.2 Å². The lowest BCUT2D eigenvalue weighted by atomic mass is 10.1. The van der Waals surface area contributed by atoms with Gasteiger partial charge in [-0.3, -0.25) is 4.57 Å². The molecule has 4 aromatic rings. The fourth-order valence-corrected chi connectivity index (χ4v) is 4.97. The first-order valence-electron chi connectivity index (χ1n) is 11.8. The molecule has 2 aromatic carbocycles. The van der Waals surface area contributed by atoms with Crippen LogP contribution in [0.1, 0.15) is 22.4 Å². The molecule has 0 unspecified atom stereocenters. The van der Waals surface area contributed by atoms with Gasteiger partial charge in [0.2, 0.25) is 5.95 Å². The summed E-state index contributed by atoms with van der Waals surface area (Å²) < 4.78 is 28.9. The Morgan fingerprint density at radius 1 is 1.00 bits per heavy atom. The molecule has 0 bridgehead atoms. The maximum Gasteiger partial charge on any atom is 0.328 e. The molecule has 0 aliphatic heterocycles. The van der Waals surface area contributed by atoms with Gasteiger partial charge in [-0.05, 0) is 67.3 Å². The fourth-order valence-electron chi connectivity index (χ4n) is 4.04. The monoisotopic (exact) mass is 521 g/mol. The normalized spacial score (nSPS) is 11.5. The van der Waals surface area contributed by atoms with Crippen LogP contribution in [0.3, 0.4) is 0 Å². The Bertz CT molecular complexity index is 1530. The lowest BCUT2D eigenvalue weighted by Gasteiger charge is -2.15. The standard InChI is InChI=1S/C26H31N7O3S/c1-17-15-18(2)29-24-23(17)30-26(32(3)4)33(24)21-9-5-19(6-10-21)13-14-28-25(34)31-37(35,36)22-11-7-20(16-27)8-12-22/h5-12,15H,13-14,16,27H2,1-4H3,(H2,28,31,34). The zero-order valence-corrected chi connectivity index (χ0v) is 22.1. The number of rotatable bonds is 8. The van der Waals surface area contributed by atoms with Gasteiger partial charge in [-0.2, -0.15) is 0 Å². The van der Waals surface area contributed by atoms with Crippen LogP contribution in [0.5, 0.6) is 0 Å². The summed E-state index contributed by atoms with van der Waals surface area (Å²) in [5, 5.41) is 2.60. The molecule has 4 rings (SSSR count). The van der Waals surface area contributed by atoms with Crippen LogP contribution < -0.4 is 20.7 Å². The minimum atomic E-state index is -3.97.